The Morgan fingerprint density at radius 2 is 1.92 bits per heavy atom. The van der Waals surface area contributed by atoms with Crippen LogP contribution in [0.4, 0.5) is 5.69 Å². The molecule has 3 rings (SSSR count). The molecule has 0 radical (unpaired) electrons. The van der Waals surface area contributed by atoms with Crippen molar-refractivity contribution in [3.63, 3.8) is 0 Å². The lowest BCUT2D eigenvalue weighted by molar-refractivity contribution is -0.921. The first-order valence-corrected chi connectivity index (χ1v) is 9.24. The second-order valence-corrected chi connectivity index (χ2v) is 6.53. The highest BCUT2D eigenvalue weighted by Crippen LogP contribution is 2.23. The summed E-state index contributed by atoms with van der Waals surface area (Å²) in [4.78, 5) is 6.02. The number of hydrogen-bond donors (Lipinski definition) is 2. The summed E-state index contributed by atoms with van der Waals surface area (Å²) in [5.41, 5.74) is 2.85. The Balaban J connectivity index is 1.59. The van der Waals surface area contributed by atoms with Crippen molar-refractivity contribution in [2.75, 3.05) is 32.9 Å². The van der Waals surface area contributed by atoms with E-state index in [1.165, 1.54) is 5.56 Å². The lowest BCUT2D eigenvalue weighted by Crippen LogP contribution is -3.12. The summed E-state index contributed by atoms with van der Waals surface area (Å²) in [6.45, 7) is 7.55. The van der Waals surface area contributed by atoms with E-state index in [4.69, 9.17) is 9.47 Å². The van der Waals surface area contributed by atoms with Gasteiger partial charge in [0.2, 0.25) is 0 Å². The normalized spacial score (nSPS) is 15.4. The molecule has 5 nitrogen and oxygen atoms in total. The number of quaternary nitrogens is 1. The molecule has 1 aliphatic heterocycles. The average Bonchev–Trinajstić information content (AvgIpc) is 2.67. The van der Waals surface area contributed by atoms with E-state index in [9.17, 15) is 5.11 Å². The number of aromatic hydroxyl groups is 1. The third-order valence-corrected chi connectivity index (χ3v) is 4.42. The van der Waals surface area contributed by atoms with Crippen LogP contribution in [0.5, 0.6) is 11.5 Å². The molecule has 2 aromatic carbocycles. The molecule has 0 atom stereocenters. The zero-order valence-corrected chi connectivity index (χ0v) is 15.3. The highest BCUT2D eigenvalue weighted by molar-refractivity contribution is 5.85. The highest BCUT2D eigenvalue weighted by Gasteiger charge is 2.13. The maximum absolute atomic E-state index is 10.1. The fraction of sp³-hybridized carbons (Fsp3) is 0.381. The van der Waals surface area contributed by atoms with Gasteiger partial charge in [-0.25, -0.2) is 0 Å². The van der Waals surface area contributed by atoms with Gasteiger partial charge in [-0.05, 0) is 30.7 Å². The lowest BCUT2D eigenvalue weighted by atomic mass is 10.2. The third-order valence-electron chi connectivity index (χ3n) is 4.42. The summed E-state index contributed by atoms with van der Waals surface area (Å²) in [5, 5.41) is 10.1. The van der Waals surface area contributed by atoms with Crippen molar-refractivity contribution in [1.82, 2.24) is 0 Å². The number of phenolic OH excluding ortho intramolecular Hbond substituents is 1. The maximum atomic E-state index is 10.1. The van der Waals surface area contributed by atoms with E-state index >= 15 is 0 Å². The van der Waals surface area contributed by atoms with Crippen LogP contribution < -0.4 is 9.64 Å². The molecule has 0 aliphatic carbocycles. The van der Waals surface area contributed by atoms with Gasteiger partial charge in [-0.3, -0.25) is 4.99 Å². The van der Waals surface area contributed by atoms with Crippen LogP contribution in [0.3, 0.4) is 0 Å². The molecule has 0 amide bonds. The molecule has 1 saturated heterocycles. The van der Waals surface area contributed by atoms with Crippen LogP contribution in [-0.4, -0.2) is 44.2 Å². The quantitative estimate of drug-likeness (QED) is 0.750. The standard InChI is InChI=1S/C21H26N2O3/c1-2-11-26-20-8-5-18(21(24)14-20)15-22-19-6-3-17(4-7-19)16-23-9-12-25-13-10-23/h3-8,14-15,24H,2,9-13,16H2,1H3/p+1. The van der Waals surface area contributed by atoms with Crippen molar-refractivity contribution < 1.29 is 19.5 Å². The molecule has 2 aromatic rings. The van der Waals surface area contributed by atoms with Crippen molar-refractivity contribution in [3.8, 4) is 11.5 Å². The summed E-state index contributed by atoms with van der Waals surface area (Å²) in [6, 6.07) is 13.6. The fourth-order valence-electron chi connectivity index (χ4n) is 2.91. The minimum atomic E-state index is 0.176. The first-order valence-electron chi connectivity index (χ1n) is 9.24. The number of aliphatic imine (C=N–C) groups is 1. The third kappa shape index (κ3) is 5.31. The molecule has 0 aromatic heterocycles. The predicted octanol–water partition coefficient (Wildman–Crippen LogP) is 2.35. The van der Waals surface area contributed by atoms with E-state index in [0.717, 1.165) is 45.0 Å². The number of phenols is 1. The Morgan fingerprint density at radius 3 is 2.62 bits per heavy atom. The molecule has 138 valence electrons. The van der Waals surface area contributed by atoms with Gasteiger partial charge >= 0.3 is 0 Å². The van der Waals surface area contributed by atoms with Gasteiger partial charge in [0.25, 0.3) is 0 Å². The molecular weight excluding hydrogens is 328 g/mol. The van der Waals surface area contributed by atoms with Gasteiger partial charge in [0.05, 0.1) is 25.5 Å². The first-order chi connectivity index (χ1) is 12.7. The molecule has 1 aliphatic rings. The number of ether oxygens (including phenoxy) is 2. The summed E-state index contributed by atoms with van der Waals surface area (Å²) in [5.74, 6) is 0.853. The van der Waals surface area contributed by atoms with Crippen LogP contribution in [0, 0.1) is 0 Å². The van der Waals surface area contributed by atoms with Crippen LogP contribution in [0.25, 0.3) is 0 Å². The van der Waals surface area contributed by atoms with E-state index in [0.29, 0.717) is 17.9 Å². The number of rotatable bonds is 7. The topological polar surface area (TPSA) is 55.5 Å². The second kappa shape index (κ2) is 9.36. The van der Waals surface area contributed by atoms with Gasteiger partial charge < -0.3 is 19.5 Å². The molecule has 0 unspecified atom stereocenters. The second-order valence-electron chi connectivity index (χ2n) is 6.53. The van der Waals surface area contributed by atoms with E-state index in [-0.39, 0.29) is 5.75 Å². The Morgan fingerprint density at radius 1 is 1.15 bits per heavy atom. The van der Waals surface area contributed by atoms with E-state index in [1.807, 2.05) is 24.3 Å². The average molecular weight is 355 g/mol. The van der Waals surface area contributed by atoms with Gasteiger partial charge in [0, 0.05) is 23.4 Å². The maximum Gasteiger partial charge on any atom is 0.128 e. The van der Waals surface area contributed by atoms with Crippen LogP contribution in [0.1, 0.15) is 24.5 Å². The van der Waals surface area contributed by atoms with Crippen molar-refractivity contribution >= 4 is 11.9 Å². The number of nitrogens with zero attached hydrogens (tertiary/aromatic N) is 1. The van der Waals surface area contributed by atoms with Crippen molar-refractivity contribution in [3.05, 3.63) is 53.6 Å². The van der Waals surface area contributed by atoms with Crippen LogP contribution >= 0.6 is 0 Å². The van der Waals surface area contributed by atoms with Gasteiger partial charge in [-0.1, -0.05) is 19.1 Å². The molecule has 1 heterocycles. The summed E-state index contributed by atoms with van der Waals surface area (Å²) >= 11 is 0. The molecule has 1 fully saturated rings. The number of nitrogens with one attached hydrogen (secondary N) is 1. The molecule has 0 spiro atoms. The van der Waals surface area contributed by atoms with Crippen LogP contribution in [0.2, 0.25) is 0 Å². The fourth-order valence-corrected chi connectivity index (χ4v) is 2.91. The molecular formula is C21H27N2O3+. The monoisotopic (exact) mass is 355 g/mol. The van der Waals surface area contributed by atoms with Crippen molar-refractivity contribution in [2.24, 2.45) is 4.99 Å². The Kier molecular flexibility index (Phi) is 6.63. The lowest BCUT2D eigenvalue weighted by Gasteiger charge is -2.23. The highest BCUT2D eigenvalue weighted by atomic mass is 16.5. The van der Waals surface area contributed by atoms with Crippen LogP contribution in [0.15, 0.2) is 47.5 Å². The minimum Gasteiger partial charge on any atom is -0.507 e. The zero-order valence-electron chi connectivity index (χ0n) is 15.3. The Bertz CT molecular complexity index is 723. The molecule has 5 heteroatoms. The summed E-state index contributed by atoms with van der Waals surface area (Å²) < 4.78 is 10.9. The minimum absolute atomic E-state index is 0.176. The van der Waals surface area contributed by atoms with Gasteiger partial charge in [0.1, 0.15) is 31.1 Å². The van der Waals surface area contributed by atoms with Crippen molar-refractivity contribution in [2.45, 2.75) is 19.9 Å². The first kappa shape index (κ1) is 18.4. The summed E-state index contributed by atoms with van der Waals surface area (Å²) in [6.07, 6.45) is 2.62. The Hall–Kier alpha value is -2.37. The van der Waals surface area contributed by atoms with Crippen molar-refractivity contribution in [1.29, 1.82) is 0 Å². The summed E-state index contributed by atoms with van der Waals surface area (Å²) in [7, 11) is 0. The largest absolute Gasteiger partial charge is 0.507 e. The molecule has 26 heavy (non-hydrogen) atoms. The molecule has 0 saturated carbocycles. The molecule has 0 bridgehead atoms. The Labute approximate surface area is 154 Å². The van der Waals surface area contributed by atoms with Gasteiger partial charge in [0.15, 0.2) is 0 Å². The van der Waals surface area contributed by atoms with Gasteiger partial charge in [-0.15, -0.1) is 0 Å². The SMILES string of the molecule is CCCOc1ccc(C=Nc2ccc(C[NH+]3CCOCC3)cc2)c(O)c1. The van der Waals surface area contributed by atoms with E-state index < -0.39 is 0 Å². The zero-order chi connectivity index (χ0) is 18.2. The number of hydrogen-bond acceptors (Lipinski definition) is 4. The van der Waals surface area contributed by atoms with E-state index in [1.54, 1.807) is 17.2 Å². The van der Waals surface area contributed by atoms with Crippen LogP contribution in [-0.2, 0) is 11.3 Å². The van der Waals surface area contributed by atoms with E-state index in [2.05, 4.69) is 24.0 Å². The number of morpholine rings is 1. The predicted molar refractivity (Wildman–Crippen MR) is 103 cm³/mol. The molecule has 2 N–H and O–H groups in total. The smallest absolute Gasteiger partial charge is 0.128 e. The number of benzene rings is 2. The van der Waals surface area contributed by atoms with Gasteiger partial charge in [-0.2, -0.15) is 0 Å².